The molecule has 0 saturated heterocycles. The monoisotopic (exact) mass is 242 g/mol. The molecule has 0 saturated carbocycles. The van der Waals surface area contributed by atoms with Gasteiger partial charge in [-0.25, -0.2) is 13.6 Å². The second kappa shape index (κ2) is 5.43. The van der Waals surface area contributed by atoms with Crippen molar-refractivity contribution < 1.29 is 8.42 Å². The number of sulfonamides is 1. The summed E-state index contributed by atoms with van der Waals surface area (Å²) in [6.07, 6.45) is 2.89. The molecule has 0 aliphatic rings. The van der Waals surface area contributed by atoms with Crippen LogP contribution in [0, 0.1) is 0 Å². The molecule has 0 radical (unpaired) electrons. The van der Waals surface area contributed by atoms with E-state index in [4.69, 9.17) is 10.9 Å². The molecule has 4 N–H and O–H groups in total. The number of rotatable bonds is 5. The molecule has 0 spiro atoms. The van der Waals surface area contributed by atoms with E-state index in [2.05, 4.69) is 6.92 Å². The number of benzene rings is 1. The molecule has 0 amide bonds. The Kier molecular flexibility index (Phi) is 4.46. The molecule has 5 heteroatoms. The van der Waals surface area contributed by atoms with Gasteiger partial charge in [-0.15, -0.1) is 0 Å². The maximum atomic E-state index is 11.2. The summed E-state index contributed by atoms with van der Waals surface area (Å²) in [6, 6.07) is 7.27. The quantitative estimate of drug-likeness (QED) is 0.815. The predicted molar refractivity (Wildman–Crippen MR) is 65.1 cm³/mol. The van der Waals surface area contributed by atoms with Gasteiger partial charge in [0, 0.05) is 0 Å². The van der Waals surface area contributed by atoms with Gasteiger partial charge in [0.05, 0.1) is 0 Å². The molecule has 0 aromatic heterocycles. The Morgan fingerprint density at radius 3 is 2.50 bits per heavy atom. The van der Waals surface area contributed by atoms with E-state index in [1.54, 1.807) is 12.1 Å². The molecule has 1 rings (SSSR count). The molecule has 0 heterocycles. The molecule has 0 bridgehead atoms. The van der Waals surface area contributed by atoms with Crippen molar-refractivity contribution in [1.82, 2.24) is 0 Å². The lowest BCUT2D eigenvalue weighted by molar-refractivity contribution is 0.584. The molecular formula is C11H18N2O2S. The third-order valence-electron chi connectivity index (χ3n) is 2.52. The standard InChI is InChI=1S/C11H18N2O2S/c1-2-3-6-9-7-4-5-8-10(9)11(12)16(13,14)15/h4-5,7-8,11H,2-3,6,12H2,1H3,(H2,13,14,15). The predicted octanol–water partition coefficient (Wildman–Crippen LogP) is 1.27. The highest BCUT2D eigenvalue weighted by Gasteiger charge is 2.20. The van der Waals surface area contributed by atoms with Crippen LogP contribution >= 0.6 is 0 Å². The third-order valence-corrected chi connectivity index (χ3v) is 3.48. The van der Waals surface area contributed by atoms with Gasteiger partial charge >= 0.3 is 0 Å². The second-order valence-corrected chi connectivity index (χ2v) is 5.50. The first kappa shape index (κ1) is 13.2. The van der Waals surface area contributed by atoms with E-state index in [9.17, 15) is 8.42 Å². The molecule has 4 nitrogen and oxygen atoms in total. The van der Waals surface area contributed by atoms with Gasteiger partial charge < -0.3 is 5.73 Å². The first-order chi connectivity index (χ1) is 7.46. The van der Waals surface area contributed by atoms with Crippen LogP contribution in [0.15, 0.2) is 24.3 Å². The van der Waals surface area contributed by atoms with Gasteiger partial charge in [-0.1, -0.05) is 37.6 Å². The maximum Gasteiger partial charge on any atom is 0.229 e. The SMILES string of the molecule is CCCCc1ccccc1C(N)S(N)(=O)=O. The van der Waals surface area contributed by atoms with Gasteiger partial charge in [0.25, 0.3) is 0 Å². The van der Waals surface area contributed by atoms with E-state index in [1.165, 1.54) is 0 Å². The van der Waals surface area contributed by atoms with Crippen LogP contribution in [-0.4, -0.2) is 8.42 Å². The lowest BCUT2D eigenvalue weighted by Gasteiger charge is -2.14. The summed E-state index contributed by atoms with van der Waals surface area (Å²) >= 11 is 0. The minimum absolute atomic E-state index is 0.610. The van der Waals surface area contributed by atoms with Crippen molar-refractivity contribution >= 4 is 10.0 Å². The number of aryl methyl sites for hydroxylation is 1. The fourth-order valence-corrected chi connectivity index (χ4v) is 2.17. The lowest BCUT2D eigenvalue weighted by atomic mass is 10.0. The van der Waals surface area contributed by atoms with Crippen molar-refractivity contribution in [3.63, 3.8) is 0 Å². The Morgan fingerprint density at radius 1 is 1.31 bits per heavy atom. The van der Waals surface area contributed by atoms with Crippen molar-refractivity contribution in [2.75, 3.05) is 0 Å². The Labute approximate surface area is 96.7 Å². The zero-order chi connectivity index (χ0) is 12.2. The topological polar surface area (TPSA) is 86.2 Å². The molecule has 90 valence electrons. The summed E-state index contributed by atoms with van der Waals surface area (Å²) in [4.78, 5) is 0. The smallest absolute Gasteiger partial charge is 0.229 e. The average Bonchev–Trinajstić information content (AvgIpc) is 2.24. The number of primary sulfonamides is 1. The van der Waals surface area contributed by atoms with Crippen molar-refractivity contribution in [2.24, 2.45) is 10.9 Å². The van der Waals surface area contributed by atoms with Crippen LogP contribution in [-0.2, 0) is 16.4 Å². The molecule has 1 atom stereocenters. The number of nitrogens with two attached hydrogens (primary N) is 2. The van der Waals surface area contributed by atoms with Crippen LogP contribution in [0.2, 0.25) is 0 Å². The zero-order valence-corrected chi connectivity index (χ0v) is 10.2. The third kappa shape index (κ3) is 3.30. The van der Waals surface area contributed by atoms with Crippen LogP contribution in [0.25, 0.3) is 0 Å². The van der Waals surface area contributed by atoms with Crippen molar-refractivity contribution in [3.8, 4) is 0 Å². The Bertz CT molecular complexity index is 443. The van der Waals surface area contributed by atoms with Gasteiger partial charge in [-0.3, -0.25) is 0 Å². The second-order valence-electron chi connectivity index (χ2n) is 3.81. The minimum Gasteiger partial charge on any atom is -0.310 e. The summed E-state index contributed by atoms with van der Waals surface area (Å²) in [6.45, 7) is 2.09. The molecule has 0 fully saturated rings. The fraction of sp³-hybridized carbons (Fsp3) is 0.455. The lowest BCUT2D eigenvalue weighted by Crippen LogP contribution is -2.29. The van der Waals surface area contributed by atoms with Gasteiger partial charge in [-0.05, 0) is 24.0 Å². The minimum atomic E-state index is -3.73. The largest absolute Gasteiger partial charge is 0.310 e. The van der Waals surface area contributed by atoms with E-state index in [-0.39, 0.29) is 0 Å². The summed E-state index contributed by atoms with van der Waals surface area (Å²) in [5.41, 5.74) is 7.21. The van der Waals surface area contributed by atoms with Crippen LogP contribution in [0.4, 0.5) is 0 Å². The Balaban J connectivity index is 3.03. The Hall–Kier alpha value is -0.910. The summed E-state index contributed by atoms with van der Waals surface area (Å²) in [5.74, 6) is 0. The number of unbranched alkanes of at least 4 members (excludes halogenated alkanes) is 1. The van der Waals surface area contributed by atoms with Crippen LogP contribution in [0.5, 0.6) is 0 Å². The molecule has 1 aromatic carbocycles. The molecular weight excluding hydrogens is 224 g/mol. The molecule has 1 unspecified atom stereocenters. The summed E-state index contributed by atoms with van der Waals surface area (Å²) in [7, 11) is -3.73. The fourth-order valence-electron chi connectivity index (χ4n) is 1.58. The summed E-state index contributed by atoms with van der Waals surface area (Å²) in [5, 5.41) is 3.93. The van der Waals surface area contributed by atoms with E-state index in [0.29, 0.717) is 5.56 Å². The van der Waals surface area contributed by atoms with E-state index >= 15 is 0 Å². The highest BCUT2D eigenvalue weighted by molar-refractivity contribution is 7.89. The van der Waals surface area contributed by atoms with Crippen molar-refractivity contribution in [3.05, 3.63) is 35.4 Å². The van der Waals surface area contributed by atoms with Gasteiger partial charge in [-0.2, -0.15) is 0 Å². The molecule has 16 heavy (non-hydrogen) atoms. The van der Waals surface area contributed by atoms with Crippen LogP contribution in [0.3, 0.4) is 0 Å². The van der Waals surface area contributed by atoms with Gasteiger partial charge in [0.15, 0.2) is 0 Å². The van der Waals surface area contributed by atoms with E-state index in [0.717, 1.165) is 24.8 Å². The van der Waals surface area contributed by atoms with Gasteiger partial charge in [0.2, 0.25) is 10.0 Å². The number of hydrogen-bond donors (Lipinski definition) is 2. The first-order valence-corrected chi connectivity index (χ1v) is 6.92. The average molecular weight is 242 g/mol. The van der Waals surface area contributed by atoms with Crippen LogP contribution < -0.4 is 10.9 Å². The highest BCUT2D eigenvalue weighted by atomic mass is 32.2. The van der Waals surface area contributed by atoms with Crippen molar-refractivity contribution in [2.45, 2.75) is 31.6 Å². The van der Waals surface area contributed by atoms with E-state index in [1.807, 2.05) is 12.1 Å². The Morgan fingerprint density at radius 2 is 1.94 bits per heavy atom. The normalized spacial score (nSPS) is 13.7. The highest BCUT2D eigenvalue weighted by Crippen LogP contribution is 2.20. The molecule has 0 aliphatic carbocycles. The summed E-state index contributed by atoms with van der Waals surface area (Å²) < 4.78 is 22.4. The van der Waals surface area contributed by atoms with E-state index < -0.39 is 15.4 Å². The van der Waals surface area contributed by atoms with Gasteiger partial charge in [0.1, 0.15) is 5.37 Å². The van der Waals surface area contributed by atoms with Crippen LogP contribution in [0.1, 0.15) is 36.3 Å². The molecule has 0 aliphatic heterocycles. The molecule has 1 aromatic rings. The van der Waals surface area contributed by atoms with Crippen molar-refractivity contribution in [1.29, 1.82) is 0 Å². The first-order valence-electron chi connectivity index (χ1n) is 5.31. The zero-order valence-electron chi connectivity index (χ0n) is 9.39. The number of hydrogen-bond acceptors (Lipinski definition) is 3. The maximum absolute atomic E-state index is 11.2.